The maximum absolute atomic E-state index is 15.1. The van der Waals surface area contributed by atoms with Crippen LogP contribution in [0.25, 0.3) is 22.0 Å². The number of benzene rings is 2. The first kappa shape index (κ1) is 38.9. The molecule has 0 radical (unpaired) electrons. The van der Waals surface area contributed by atoms with Crippen molar-refractivity contribution in [3.8, 4) is 16.9 Å². The molecule has 5 aromatic rings. The van der Waals surface area contributed by atoms with Gasteiger partial charge in [-0.15, -0.1) is 0 Å². The lowest BCUT2D eigenvalue weighted by Gasteiger charge is -2.39. The second-order valence-corrected chi connectivity index (χ2v) is 16.7. The van der Waals surface area contributed by atoms with Crippen LogP contribution < -0.4 is 19.9 Å². The van der Waals surface area contributed by atoms with Crippen molar-refractivity contribution < 1.29 is 32.7 Å². The number of rotatable bonds is 6. The van der Waals surface area contributed by atoms with E-state index in [0.29, 0.717) is 106 Å². The molecule has 4 amide bonds. The molecule has 14 nitrogen and oxygen atoms in total. The van der Waals surface area contributed by atoms with Gasteiger partial charge in [-0.05, 0) is 73.6 Å². The van der Waals surface area contributed by atoms with Crippen molar-refractivity contribution >= 4 is 51.7 Å². The first-order chi connectivity index (χ1) is 29.5. The predicted molar refractivity (Wildman–Crippen MR) is 223 cm³/mol. The Morgan fingerprint density at radius 1 is 0.934 bits per heavy atom. The summed E-state index contributed by atoms with van der Waals surface area (Å²) in [5.41, 5.74) is 6.83. The number of fused-ring (bicyclic) bond motifs is 4. The third kappa shape index (κ3) is 6.66. The summed E-state index contributed by atoms with van der Waals surface area (Å²) in [5.74, 6) is 0.335. The fraction of sp³-hybridized carbons (Fsp3) is 0.422. The van der Waals surface area contributed by atoms with Gasteiger partial charge in [-0.2, -0.15) is 5.10 Å². The molecule has 5 aliphatic heterocycles. The number of nitrogens with zero attached hydrogens (tertiary/aromatic N) is 8. The summed E-state index contributed by atoms with van der Waals surface area (Å²) in [5, 5.41) is 8.56. The Bertz CT molecular complexity index is 2610. The zero-order valence-corrected chi connectivity index (χ0v) is 34.2. The number of anilines is 3. The Balaban J connectivity index is 0.941. The van der Waals surface area contributed by atoms with Gasteiger partial charge in [0, 0.05) is 105 Å². The van der Waals surface area contributed by atoms with Crippen LogP contribution in [0.4, 0.5) is 26.0 Å². The van der Waals surface area contributed by atoms with Crippen molar-refractivity contribution in [3.63, 3.8) is 0 Å². The van der Waals surface area contributed by atoms with Crippen LogP contribution >= 0.6 is 0 Å². The number of piperidine rings is 2. The summed E-state index contributed by atoms with van der Waals surface area (Å²) in [6.07, 6.45) is 6.67. The predicted octanol–water partition coefficient (Wildman–Crippen LogP) is 5.84. The van der Waals surface area contributed by atoms with E-state index in [1.54, 1.807) is 37.5 Å². The molecule has 2 saturated heterocycles. The number of amides is 4. The normalized spacial score (nSPS) is 19.5. The Morgan fingerprint density at radius 2 is 1.77 bits per heavy atom. The number of likely N-dealkylation sites (tertiary alicyclic amines) is 1. The van der Waals surface area contributed by atoms with E-state index in [0.717, 1.165) is 46.1 Å². The lowest BCUT2D eigenvalue weighted by atomic mass is 9.91. The van der Waals surface area contributed by atoms with E-state index >= 15 is 8.78 Å². The Hall–Kier alpha value is -6.32. The molecule has 3 aromatic heterocycles. The van der Waals surface area contributed by atoms with Gasteiger partial charge in [-0.1, -0.05) is 6.07 Å². The van der Waals surface area contributed by atoms with Crippen LogP contribution in [0.2, 0.25) is 0 Å². The van der Waals surface area contributed by atoms with Crippen molar-refractivity contribution in [2.24, 2.45) is 7.05 Å². The molecular formula is C45H47F2N9O5. The van der Waals surface area contributed by atoms with Crippen molar-refractivity contribution in [2.75, 3.05) is 49.1 Å². The Labute approximate surface area is 351 Å². The molecule has 16 heteroatoms. The van der Waals surface area contributed by atoms with E-state index in [4.69, 9.17) is 9.84 Å². The number of carbonyl (C=O) groups excluding carboxylic acids is 4. The van der Waals surface area contributed by atoms with Crippen molar-refractivity contribution in [3.05, 3.63) is 82.9 Å². The Kier molecular flexibility index (Phi) is 9.74. The van der Waals surface area contributed by atoms with Crippen LogP contribution in [0.1, 0.15) is 84.2 Å². The lowest BCUT2D eigenvalue weighted by molar-refractivity contribution is -0.134. The second-order valence-electron chi connectivity index (χ2n) is 16.7. The van der Waals surface area contributed by atoms with Gasteiger partial charge < -0.3 is 28.9 Å². The largest absolute Gasteiger partial charge is 0.489 e. The van der Waals surface area contributed by atoms with Gasteiger partial charge >= 0.3 is 0 Å². The van der Waals surface area contributed by atoms with Gasteiger partial charge in [0.15, 0.2) is 11.6 Å². The van der Waals surface area contributed by atoms with Gasteiger partial charge in [0.05, 0.1) is 35.9 Å². The van der Waals surface area contributed by atoms with Crippen LogP contribution in [0.15, 0.2) is 55.0 Å². The molecule has 0 bridgehead atoms. The molecule has 1 unspecified atom stereocenters. The molecule has 8 heterocycles. The number of nitrogens with one attached hydrogen (secondary N) is 1. The minimum Gasteiger partial charge on any atom is -0.489 e. The number of pyridine rings is 1. The number of alkyl halides is 2. The molecular weight excluding hydrogens is 785 g/mol. The van der Waals surface area contributed by atoms with E-state index in [1.165, 1.54) is 0 Å². The molecule has 316 valence electrons. The third-order valence-electron chi connectivity index (χ3n) is 13.2. The van der Waals surface area contributed by atoms with Gasteiger partial charge in [0.1, 0.15) is 12.6 Å². The first-order valence-corrected chi connectivity index (χ1v) is 21.2. The summed E-state index contributed by atoms with van der Waals surface area (Å²) in [6, 6.07) is 10.3. The maximum Gasteiger partial charge on any atom is 0.264 e. The highest BCUT2D eigenvalue weighted by Crippen LogP contribution is 2.45. The summed E-state index contributed by atoms with van der Waals surface area (Å²) < 4.78 is 40.4. The van der Waals surface area contributed by atoms with E-state index in [-0.39, 0.29) is 41.7 Å². The summed E-state index contributed by atoms with van der Waals surface area (Å²) in [7, 11) is 1.91. The summed E-state index contributed by atoms with van der Waals surface area (Å²) >= 11 is 0. The lowest BCUT2D eigenvalue weighted by Crippen LogP contribution is -2.54. The molecule has 61 heavy (non-hydrogen) atoms. The summed E-state index contributed by atoms with van der Waals surface area (Å²) in [6.45, 7) is 4.80. The average molecular weight is 832 g/mol. The molecule has 10 rings (SSSR count). The fourth-order valence-corrected chi connectivity index (χ4v) is 10.2. The zero-order valence-electron chi connectivity index (χ0n) is 34.2. The maximum atomic E-state index is 15.1. The number of hydrogen-bond donors (Lipinski definition) is 1. The van der Waals surface area contributed by atoms with Crippen LogP contribution in [0.3, 0.4) is 0 Å². The second kappa shape index (κ2) is 15.3. The number of ether oxygens (including phenoxy) is 1. The highest BCUT2D eigenvalue weighted by molar-refractivity contribution is 6.03. The number of hydrogen-bond acceptors (Lipinski definition) is 9. The van der Waals surface area contributed by atoms with E-state index in [2.05, 4.69) is 19.9 Å². The minimum atomic E-state index is -2.72. The highest BCUT2D eigenvalue weighted by atomic mass is 19.3. The van der Waals surface area contributed by atoms with Gasteiger partial charge in [0.2, 0.25) is 17.7 Å². The topological polar surface area (TPSA) is 138 Å². The number of carbonyl (C=O) groups is 4. The van der Waals surface area contributed by atoms with Gasteiger partial charge in [-0.25, -0.2) is 8.78 Å². The smallest absolute Gasteiger partial charge is 0.264 e. The minimum absolute atomic E-state index is 0.0254. The van der Waals surface area contributed by atoms with Crippen molar-refractivity contribution in [2.45, 2.75) is 76.9 Å². The zero-order chi connectivity index (χ0) is 42.1. The Morgan fingerprint density at radius 3 is 2.56 bits per heavy atom. The van der Waals surface area contributed by atoms with Crippen LogP contribution in [-0.4, -0.2) is 98.1 Å². The SMILES string of the molecule is CC(=O)N1CCc2c(c(N3CCCc4cc(-c5cn(C)c6ccncc56)c(C(F)F)cc43)nn2C2CCN(C(=O)c3cccc4c3OCCN4C3CCC(=O)NC3=O)CC2)C1. The van der Waals surface area contributed by atoms with Crippen LogP contribution in [0, 0.1) is 0 Å². The number of aryl methyl sites for hydroxylation is 2. The number of para-hydroxylation sites is 1. The van der Waals surface area contributed by atoms with Crippen molar-refractivity contribution in [1.82, 2.24) is 34.4 Å². The molecule has 0 aliphatic carbocycles. The molecule has 1 atom stereocenters. The van der Waals surface area contributed by atoms with Gasteiger partial charge in [-0.3, -0.25) is 34.2 Å². The molecule has 2 aromatic carbocycles. The fourth-order valence-electron chi connectivity index (χ4n) is 10.2. The molecule has 2 fully saturated rings. The van der Waals surface area contributed by atoms with Gasteiger partial charge in [0.25, 0.3) is 12.3 Å². The summed E-state index contributed by atoms with van der Waals surface area (Å²) in [4.78, 5) is 63.5. The number of halogens is 2. The monoisotopic (exact) mass is 831 g/mol. The quantitative estimate of drug-likeness (QED) is 0.209. The molecule has 0 saturated carbocycles. The number of imide groups is 1. The first-order valence-electron chi connectivity index (χ1n) is 21.2. The molecule has 0 spiro atoms. The number of aromatic nitrogens is 4. The van der Waals surface area contributed by atoms with E-state index in [1.807, 2.05) is 50.7 Å². The standard InChI is InChI=1S/C45H47F2N9O5/c1-26(57)53-18-13-36-34(25-53)43(55-15-4-5-27-21-30(31(42(46)47)22-39(27)55)33-24-51(2)35-10-14-48-23-32(33)35)50-56(36)28-11-16-52(17-12-28)45(60)29-6-3-7-37-41(29)61-20-19-54(37)38-8-9-40(58)49-44(38)59/h3,6-7,10,14,21-24,28,38,42H,4-5,8-9,11-13,15-20,25H2,1-2H3,(H,49,58,59). The molecule has 1 N–H and O–H groups in total. The van der Waals surface area contributed by atoms with Crippen LogP contribution in [-0.2, 0) is 40.8 Å². The average Bonchev–Trinajstić information content (AvgIpc) is 3.82. The van der Waals surface area contributed by atoms with E-state index in [9.17, 15) is 19.2 Å². The van der Waals surface area contributed by atoms with Crippen molar-refractivity contribution in [1.29, 1.82) is 0 Å². The third-order valence-corrected chi connectivity index (χ3v) is 13.2. The van der Waals surface area contributed by atoms with E-state index < -0.39 is 12.5 Å². The highest BCUT2D eigenvalue weighted by Gasteiger charge is 2.38. The molecule has 5 aliphatic rings. The van der Waals surface area contributed by atoms with Crippen LogP contribution in [0.5, 0.6) is 5.75 Å².